The van der Waals surface area contributed by atoms with E-state index in [1.165, 1.54) is 0 Å². The smallest absolute Gasteiger partial charge is 0.251 e. The van der Waals surface area contributed by atoms with Gasteiger partial charge in [0.25, 0.3) is 5.91 Å². The molecule has 1 amide bonds. The number of nitrogens with zero attached hydrogens (tertiary/aromatic N) is 2. The first-order valence-corrected chi connectivity index (χ1v) is 8.60. The summed E-state index contributed by atoms with van der Waals surface area (Å²) in [6.45, 7) is 3.08. The number of nitrogens with one attached hydrogen (secondary N) is 1. The summed E-state index contributed by atoms with van der Waals surface area (Å²) in [6.07, 6.45) is 4.56. The zero-order valence-corrected chi connectivity index (χ0v) is 14.9. The van der Waals surface area contributed by atoms with Crippen molar-refractivity contribution in [1.82, 2.24) is 14.7 Å². The van der Waals surface area contributed by atoms with E-state index in [9.17, 15) is 4.79 Å². The van der Waals surface area contributed by atoms with Crippen molar-refractivity contribution < 1.29 is 9.53 Å². The fourth-order valence-corrected chi connectivity index (χ4v) is 2.86. The van der Waals surface area contributed by atoms with Gasteiger partial charge in [0.1, 0.15) is 0 Å². The van der Waals surface area contributed by atoms with Gasteiger partial charge < -0.3 is 14.5 Å². The molecule has 0 fully saturated rings. The minimum Gasteiger partial charge on any atom is -0.490 e. The molecule has 0 unspecified atom stereocenters. The van der Waals surface area contributed by atoms with Crippen molar-refractivity contribution in [1.29, 1.82) is 0 Å². The van der Waals surface area contributed by atoms with E-state index >= 15 is 0 Å². The Morgan fingerprint density at radius 1 is 1.33 bits per heavy atom. The average molecular weight is 388 g/mol. The van der Waals surface area contributed by atoms with Crippen molar-refractivity contribution >= 4 is 27.5 Å². The number of benzene rings is 1. The number of halogens is 1. The van der Waals surface area contributed by atoms with Gasteiger partial charge in [-0.15, -0.1) is 0 Å². The molecule has 0 saturated heterocycles. The van der Waals surface area contributed by atoms with Crippen molar-refractivity contribution in [3.63, 3.8) is 0 Å². The summed E-state index contributed by atoms with van der Waals surface area (Å²) in [5.74, 6) is 0.680. The van der Waals surface area contributed by atoms with Crippen molar-refractivity contribution in [2.45, 2.75) is 13.3 Å². The van der Waals surface area contributed by atoms with Crippen LogP contribution in [0.1, 0.15) is 23.0 Å². The largest absolute Gasteiger partial charge is 0.490 e. The Kier molecular flexibility index (Phi) is 5.15. The quantitative estimate of drug-likeness (QED) is 0.704. The van der Waals surface area contributed by atoms with Gasteiger partial charge in [-0.05, 0) is 37.3 Å². The maximum absolute atomic E-state index is 12.1. The molecule has 1 aromatic carbocycles. The van der Waals surface area contributed by atoms with Crippen molar-refractivity contribution in [2.75, 3.05) is 13.2 Å². The summed E-state index contributed by atoms with van der Waals surface area (Å²) in [6, 6.07) is 11.2. The Labute approximate surface area is 148 Å². The summed E-state index contributed by atoms with van der Waals surface area (Å²) < 4.78 is 8.42. The van der Waals surface area contributed by atoms with E-state index in [0.717, 1.165) is 21.6 Å². The van der Waals surface area contributed by atoms with Crippen LogP contribution in [0.4, 0.5) is 0 Å². The topological polar surface area (TPSA) is 55.6 Å². The standard InChI is InChI=1S/C18H18BrN3O2/c1-2-24-16-7-4-10-22-12-15(21-17(16)22)8-9-20-18(23)13-5-3-6-14(19)11-13/h3-7,10-12H,2,8-9H2,1H3,(H,20,23). The Morgan fingerprint density at radius 3 is 3.00 bits per heavy atom. The van der Waals surface area contributed by atoms with Crippen LogP contribution in [0.15, 0.2) is 53.3 Å². The normalized spacial score (nSPS) is 10.8. The number of rotatable bonds is 6. The van der Waals surface area contributed by atoms with Gasteiger partial charge in [0.05, 0.1) is 12.3 Å². The van der Waals surface area contributed by atoms with Crippen LogP contribution in [-0.4, -0.2) is 28.4 Å². The molecule has 5 nitrogen and oxygen atoms in total. The molecule has 2 aromatic heterocycles. The lowest BCUT2D eigenvalue weighted by molar-refractivity contribution is 0.0954. The third-order valence-electron chi connectivity index (χ3n) is 3.55. The Hall–Kier alpha value is -2.34. The lowest BCUT2D eigenvalue weighted by Crippen LogP contribution is -2.25. The molecule has 0 bridgehead atoms. The monoisotopic (exact) mass is 387 g/mol. The highest BCUT2D eigenvalue weighted by atomic mass is 79.9. The molecule has 0 radical (unpaired) electrons. The predicted molar refractivity (Wildman–Crippen MR) is 96.5 cm³/mol. The number of hydrogen-bond donors (Lipinski definition) is 1. The van der Waals surface area contributed by atoms with Gasteiger partial charge in [-0.2, -0.15) is 0 Å². The zero-order valence-electron chi connectivity index (χ0n) is 13.3. The summed E-state index contributed by atoms with van der Waals surface area (Å²) in [7, 11) is 0. The Bertz CT molecular complexity index is 860. The predicted octanol–water partition coefficient (Wildman–Crippen LogP) is 3.47. The van der Waals surface area contributed by atoms with Crippen LogP contribution in [0.25, 0.3) is 5.65 Å². The first-order chi connectivity index (χ1) is 11.7. The van der Waals surface area contributed by atoms with E-state index < -0.39 is 0 Å². The molecule has 0 aliphatic heterocycles. The number of fused-ring (bicyclic) bond motifs is 1. The van der Waals surface area contributed by atoms with Crippen LogP contribution in [0.3, 0.4) is 0 Å². The van der Waals surface area contributed by atoms with E-state index in [1.807, 2.05) is 48.0 Å². The first kappa shape index (κ1) is 16.5. The molecule has 0 aliphatic rings. The second kappa shape index (κ2) is 7.49. The van der Waals surface area contributed by atoms with Gasteiger partial charge in [-0.25, -0.2) is 4.98 Å². The van der Waals surface area contributed by atoms with Crippen molar-refractivity contribution in [2.24, 2.45) is 0 Å². The Morgan fingerprint density at radius 2 is 2.21 bits per heavy atom. The molecule has 3 rings (SSSR count). The molecule has 24 heavy (non-hydrogen) atoms. The number of ether oxygens (including phenoxy) is 1. The molecule has 0 saturated carbocycles. The number of amides is 1. The van der Waals surface area contributed by atoms with Crippen LogP contribution in [0.2, 0.25) is 0 Å². The lowest BCUT2D eigenvalue weighted by atomic mass is 10.2. The third-order valence-corrected chi connectivity index (χ3v) is 4.04. The highest BCUT2D eigenvalue weighted by molar-refractivity contribution is 9.10. The number of hydrogen-bond acceptors (Lipinski definition) is 3. The van der Waals surface area contributed by atoms with Gasteiger partial charge in [0, 0.05) is 35.4 Å². The molecule has 0 atom stereocenters. The zero-order chi connectivity index (χ0) is 16.9. The van der Waals surface area contributed by atoms with Crippen LogP contribution in [-0.2, 0) is 6.42 Å². The number of imidazole rings is 1. The number of carbonyl (C=O) groups is 1. The van der Waals surface area contributed by atoms with E-state index in [4.69, 9.17) is 4.74 Å². The van der Waals surface area contributed by atoms with Gasteiger partial charge in [-0.3, -0.25) is 4.79 Å². The van der Waals surface area contributed by atoms with E-state index in [-0.39, 0.29) is 5.91 Å². The van der Waals surface area contributed by atoms with E-state index in [2.05, 4.69) is 26.2 Å². The van der Waals surface area contributed by atoms with Crippen LogP contribution in [0.5, 0.6) is 5.75 Å². The van der Waals surface area contributed by atoms with E-state index in [0.29, 0.717) is 25.1 Å². The van der Waals surface area contributed by atoms with Gasteiger partial charge in [0.2, 0.25) is 0 Å². The first-order valence-electron chi connectivity index (χ1n) is 7.80. The van der Waals surface area contributed by atoms with Gasteiger partial charge in [-0.1, -0.05) is 22.0 Å². The Balaban J connectivity index is 1.63. The third kappa shape index (κ3) is 3.76. The average Bonchev–Trinajstić information content (AvgIpc) is 2.99. The molecule has 2 heterocycles. The summed E-state index contributed by atoms with van der Waals surface area (Å²) in [5, 5.41) is 2.92. The molecular weight excluding hydrogens is 370 g/mol. The van der Waals surface area contributed by atoms with Crippen LogP contribution < -0.4 is 10.1 Å². The highest BCUT2D eigenvalue weighted by Crippen LogP contribution is 2.19. The molecule has 0 spiro atoms. The summed E-state index contributed by atoms with van der Waals surface area (Å²) in [5.41, 5.74) is 2.35. The van der Waals surface area contributed by atoms with Gasteiger partial charge >= 0.3 is 0 Å². The number of aromatic nitrogens is 2. The molecule has 1 N–H and O–H groups in total. The molecule has 124 valence electrons. The maximum atomic E-state index is 12.1. The highest BCUT2D eigenvalue weighted by Gasteiger charge is 2.09. The molecule has 0 aliphatic carbocycles. The second-order valence-electron chi connectivity index (χ2n) is 5.28. The van der Waals surface area contributed by atoms with Crippen molar-refractivity contribution in [3.8, 4) is 5.75 Å². The van der Waals surface area contributed by atoms with Crippen molar-refractivity contribution in [3.05, 3.63) is 64.5 Å². The fraction of sp³-hybridized carbons (Fsp3) is 0.222. The molecule has 6 heteroatoms. The van der Waals surface area contributed by atoms with Gasteiger partial charge in [0.15, 0.2) is 11.4 Å². The number of carbonyl (C=O) groups excluding carboxylic acids is 1. The second-order valence-corrected chi connectivity index (χ2v) is 6.20. The van der Waals surface area contributed by atoms with Crippen LogP contribution in [0, 0.1) is 0 Å². The fourth-order valence-electron chi connectivity index (χ4n) is 2.46. The lowest BCUT2D eigenvalue weighted by Gasteiger charge is -2.04. The van der Waals surface area contributed by atoms with E-state index in [1.54, 1.807) is 12.1 Å². The minimum absolute atomic E-state index is 0.0879. The molecular formula is C18H18BrN3O2. The van der Waals surface area contributed by atoms with Crippen LogP contribution >= 0.6 is 15.9 Å². The maximum Gasteiger partial charge on any atom is 0.251 e. The summed E-state index contributed by atoms with van der Waals surface area (Å²) in [4.78, 5) is 16.7. The minimum atomic E-state index is -0.0879. The molecule has 3 aromatic rings. The number of pyridine rings is 1. The SMILES string of the molecule is CCOc1cccn2cc(CCNC(=O)c3cccc(Br)c3)nc12. The summed E-state index contributed by atoms with van der Waals surface area (Å²) >= 11 is 3.37.